The van der Waals surface area contributed by atoms with E-state index in [1.165, 1.54) is 5.01 Å². The van der Waals surface area contributed by atoms with Gasteiger partial charge in [-0.15, -0.1) is 22.7 Å². The first-order valence-corrected chi connectivity index (χ1v) is 11.1. The Labute approximate surface area is 177 Å². The van der Waals surface area contributed by atoms with Crippen LogP contribution >= 0.6 is 22.7 Å². The number of carbonyl (C=O) groups is 2. The Bertz CT molecular complexity index is 983. The van der Waals surface area contributed by atoms with Gasteiger partial charge in [-0.1, -0.05) is 42.5 Å². The number of hydrogen-bond acceptors (Lipinski definition) is 6. The van der Waals surface area contributed by atoms with E-state index in [0.29, 0.717) is 12.8 Å². The van der Waals surface area contributed by atoms with Crippen LogP contribution in [0.15, 0.2) is 70.5 Å². The normalized spacial score (nSPS) is 15.9. The summed E-state index contributed by atoms with van der Waals surface area (Å²) in [7, 11) is 0. The predicted molar refractivity (Wildman–Crippen MR) is 115 cm³/mol. The fraction of sp³-hybridized carbons (Fsp3) is 0.227. The Morgan fingerprint density at radius 1 is 1.03 bits per heavy atom. The summed E-state index contributed by atoms with van der Waals surface area (Å²) < 4.78 is 5.24. The van der Waals surface area contributed by atoms with E-state index in [2.05, 4.69) is 5.10 Å². The zero-order valence-electron chi connectivity index (χ0n) is 15.7. The molecule has 0 fully saturated rings. The number of benzene rings is 1. The molecular weight excluding hydrogens is 404 g/mol. The molecule has 1 aliphatic heterocycles. The highest BCUT2D eigenvalue weighted by atomic mass is 32.1. The van der Waals surface area contributed by atoms with Crippen LogP contribution in [0.25, 0.3) is 0 Å². The van der Waals surface area contributed by atoms with Gasteiger partial charge in [-0.2, -0.15) is 5.10 Å². The number of carbonyl (C=O) groups excluding carboxylic acids is 2. The minimum atomic E-state index is -0.378. The molecule has 0 bridgehead atoms. The van der Waals surface area contributed by atoms with E-state index in [1.807, 2.05) is 65.4 Å². The summed E-state index contributed by atoms with van der Waals surface area (Å²) in [5, 5.41) is 10.0. The Hall–Kier alpha value is -2.77. The molecule has 5 nitrogen and oxygen atoms in total. The largest absolute Gasteiger partial charge is 0.455 e. The Balaban J connectivity index is 1.38. The van der Waals surface area contributed by atoms with Gasteiger partial charge in [-0.3, -0.25) is 9.59 Å². The number of thiophene rings is 2. The van der Waals surface area contributed by atoms with Crippen molar-refractivity contribution in [3.05, 3.63) is 80.7 Å². The molecule has 3 aromatic rings. The number of hydrogen-bond donors (Lipinski definition) is 0. The van der Waals surface area contributed by atoms with E-state index < -0.39 is 0 Å². The first-order chi connectivity index (χ1) is 14.2. The minimum Gasteiger partial charge on any atom is -0.455 e. The molecule has 1 amide bonds. The number of rotatable bonds is 7. The highest BCUT2D eigenvalue weighted by Gasteiger charge is 2.34. The van der Waals surface area contributed by atoms with Crippen LogP contribution in [-0.4, -0.2) is 29.2 Å². The van der Waals surface area contributed by atoms with Crippen LogP contribution in [0.4, 0.5) is 0 Å². The van der Waals surface area contributed by atoms with Crippen molar-refractivity contribution in [1.29, 1.82) is 0 Å². The molecule has 3 heterocycles. The van der Waals surface area contributed by atoms with Gasteiger partial charge < -0.3 is 4.74 Å². The van der Waals surface area contributed by atoms with Gasteiger partial charge in [-0.05, 0) is 34.9 Å². The van der Waals surface area contributed by atoms with Crippen LogP contribution in [0.1, 0.15) is 34.2 Å². The van der Waals surface area contributed by atoms with Gasteiger partial charge >= 0.3 is 5.97 Å². The third-order valence-corrected chi connectivity index (χ3v) is 6.55. The maximum atomic E-state index is 12.8. The molecule has 1 atom stereocenters. The third-order valence-electron chi connectivity index (χ3n) is 4.66. The SMILES string of the molecule is O=C(CCc1ccccc1)OCC(=O)N1N=C(c2cccs2)CC1c1cccs1. The van der Waals surface area contributed by atoms with Crippen LogP contribution in [-0.2, 0) is 20.7 Å². The van der Waals surface area contributed by atoms with Gasteiger partial charge in [0.05, 0.1) is 16.6 Å². The Kier molecular flexibility index (Phi) is 6.17. The molecule has 0 radical (unpaired) electrons. The molecule has 1 aromatic carbocycles. The number of hydrazone groups is 1. The number of ether oxygens (including phenoxy) is 1. The van der Waals surface area contributed by atoms with Crippen molar-refractivity contribution in [2.24, 2.45) is 5.10 Å². The Morgan fingerprint density at radius 2 is 1.83 bits per heavy atom. The lowest BCUT2D eigenvalue weighted by Crippen LogP contribution is -2.31. The summed E-state index contributed by atoms with van der Waals surface area (Å²) in [6, 6.07) is 17.5. The quantitative estimate of drug-likeness (QED) is 0.518. The molecule has 4 rings (SSSR count). The van der Waals surface area contributed by atoms with E-state index >= 15 is 0 Å². The summed E-state index contributed by atoms with van der Waals surface area (Å²) in [6.07, 6.45) is 1.50. The fourth-order valence-electron chi connectivity index (χ4n) is 3.21. The molecule has 0 aliphatic carbocycles. The summed E-state index contributed by atoms with van der Waals surface area (Å²) >= 11 is 3.20. The van der Waals surface area contributed by atoms with Gasteiger partial charge in [0.2, 0.25) is 0 Å². The summed E-state index contributed by atoms with van der Waals surface area (Å²) in [5.74, 6) is -0.681. The monoisotopic (exact) mass is 424 g/mol. The van der Waals surface area contributed by atoms with Gasteiger partial charge in [-0.25, -0.2) is 5.01 Å². The van der Waals surface area contributed by atoms with Crippen molar-refractivity contribution in [2.45, 2.75) is 25.3 Å². The molecule has 7 heteroatoms. The molecule has 0 spiro atoms. The van der Waals surface area contributed by atoms with E-state index in [9.17, 15) is 9.59 Å². The molecule has 0 saturated heterocycles. The van der Waals surface area contributed by atoms with Gasteiger partial charge in [0, 0.05) is 17.7 Å². The van der Waals surface area contributed by atoms with E-state index in [1.54, 1.807) is 22.7 Å². The number of amides is 1. The summed E-state index contributed by atoms with van der Waals surface area (Å²) in [5.41, 5.74) is 1.96. The van der Waals surface area contributed by atoms with Crippen LogP contribution < -0.4 is 0 Å². The standard InChI is InChI=1S/C22H20N2O3S2/c25-21(15-27-22(26)11-10-16-6-2-1-3-7-16)24-18(20-9-5-13-29-20)14-17(23-24)19-8-4-12-28-19/h1-9,12-13,18H,10-11,14-15H2. The molecule has 29 heavy (non-hydrogen) atoms. The average Bonchev–Trinajstić information content (AvgIpc) is 3.51. The van der Waals surface area contributed by atoms with E-state index in [-0.39, 0.29) is 30.9 Å². The number of esters is 1. The lowest BCUT2D eigenvalue weighted by Gasteiger charge is -2.20. The second-order valence-corrected chi connectivity index (χ2v) is 8.57. The molecule has 1 unspecified atom stereocenters. The molecule has 148 valence electrons. The first-order valence-electron chi connectivity index (χ1n) is 9.37. The molecule has 0 saturated carbocycles. The van der Waals surface area contributed by atoms with Crippen LogP contribution in [0.2, 0.25) is 0 Å². The van der Waals surface area contributed by atoms with Gasteiger partial charge in [0.1, 0.15) is 0 Å². The van der Waals surface area contributed by atoms with Crippen LogP contribution in [0, 0.1) is 0 Å². The van der Waals surface area contributed by atoms with Crippen molar-refractivity contribution < 1.29 is 14.3 Å². The molecule has 1 aliphatic rings. The topological polar surface area (TPSA) is 59.0 Å². The van der Waals surface area contributed by atoms with Crippen molar-refractivity contribution in [3.8, 4) is 0 Å². The predicted octanol–water partition coefficient (Wildman–Crippen LogP) is 4.66. The second kappa shape index (κ2) is 9.15. The van der Waals surface area contributed by atoms with Crippen molar-refractivity contribution in [1.82, 2.24) is 5.01 Å². The number of aryl methyl sites for hydroxylation is 1. The average molecular weight is 425 g/mol. The highest BCUT2D eigenvalue weighted by molar-refractivity contribution is 7.12. The summed E-state index contributed by atoms with van der Waals surface area (Å²) in [6.45, 7) is -0.295. The summed E-state index contributed by atoms with van der Waals surface area (Å²) in [4.78, 5) is 27.0. The molecule has 0 N–H and O–H groups in total. The number of nitrogens with zero attached hydrogens (tertiary/aromatic N) is 2. The van der Waals surface area contributed by atoms with Gasteiger partial charge in [0.15, 0.2) is 6.61 Å². The smallest absolute Gasteiger partial charge is 0.306 e. The lowest BCUT2D eigenvalue weighted by atomic mass is 10.1. The van der Waals surface area contributed by atoms with Crippen LogP contribution in [0.5, 0.6) is 0 Å². The van der Waals surface area contributed by atoms with Gasteiger partial charge in [0.25, 0.3) is 5.91 Å². The second-order valence-electron chi connectivity index (χ2n) is 6.64. The van der Waals surface area contributed by atoms with Crippen molar-refractivity contribution in [3.63, 3.8) is 0 Å². The lowest BCUT2D eigenvalue weighted by molar-refractivity contribution is -0.152. The molecule has 2 aromatic heterocycles. The maximum Gasteiger partial charge on any atom is 0.306 e. The minimum absolute atomic E-state index is 0.150. The third kappa shape index (κ3) is 4.81. The van der Waals surface area contributed by atoms with E-state index in [0.717, 1.165) is 21.0 Å². The van der Waals surface area contributed by atoms with Crippen molar-refractivity contribution >= 4 is 40.3 Å². The first kappa shape index (κ1) is 19.5. The van der Waals surface area contributed by atoms with E-state index in [4.69, 9.17) is 4.74 Å². The zero-order chi connectivity index (χ0) is 20.1. The van der Waals surface area contributed by atoms with Crippen LogP contribution in [0.3, 0.4) is 0 Å². The fourth-order valence-corrected chi connectivity index (χ4v) is 4.74. The van der Waals surface area contributed by atoms with Crippen molar-refractivity contribution in [2.75, 3.05) is 6.61 Å². The molecular formula is C22H20N2O3S2. The zero-order valence-corrected chi connectivity index (χ0v) is 17.3. The Morgan fingerprint density at radius 3 is 2.55 bits per heavy atom. The maximum absolute atomic E-state index is 12.8. The highest BCUT2D eigenvalue weighted by Crippen LogP contribution is 2.35.